The number of carbonyl (C=O) groups is 1. The van der Waals surface area contributed by atoms with Crippen LogP contribution in [0.4, 0.5) is 5.69 Å². The van der Waals surface area contributed by atoms with Crippen LogP contribution in [-0.2, 0) is 6.54 Å². The van der Waals surface area contributed by atoms with E-state index in [1.165, 1.54) is 5.56 Å². The lowest BCUT2D eigenvalue weighted by atomic mass is 10.2. The molecule has 0 aromatic heterocycles. The number of halogens is 2. The molecular weight excluding hydrogens is 326 g/mol. The SMILES string of the molecule is CN(Cc1ccc(Br)cc1)c1ccc(C=O)c(Cl)c1. The van der Waals surface area contributed by atoms with E-state index in [0.29, 0.717) is 10.6 Å². The third kappa shape index (κ3) is 3.58. The van der Waals surface area contributed by atoms with Gasteiger partial charge in [0.05, 0.1) is 5.02 Å². The molecule has 2 rings (SSSR count). The fourth-order valence-corrected chi connectivity index (χ4v) is 2.29. The van der Waals surface area contributed by atoms with Gasteiger partial charge in [0.15, 0.2) is 6.29 Å². The maximum atomic E-state index is 10.7. The number of hydrogen-bond donors (Lipinski definition) is 0. The molecule has 0 heterocycles. The number of rotatable bonds is 4. The Morgan fingerprint density at radius 1 is 1.21 bits per heavy atom. The van der Waals surface area contributed by atoms with Gasteiger partial charge in [-0.3, -0.25) is 4.79 Å². The molecule has 2 aromatic rings. The van der Waals surface area contributed by atoms with Crippen molar-refractivity contribution >= 4 is 39.5 Å². The zero-order chi connectivity index (χ0) is 13.8. The third-order valence-electron chi connectivity index (χ3n) is 2.88. The Labute approximate surface area is 126 Å². The van der Waals surface area contributed by atoms with E-state index in [0.717, 1.165) is 23.0 Å². The van der Waals surface area contributed by atoms with Crippen LogP contribution in [0.15, 0.2) is 46.9 Å². The third-order valence-corrected chi connectivity index (χ3v) is 3.74. The number of aldehydes is 1. The van der Waals surface area contributed by atoms with Crippen LogP contribution in [0.3, 0.4) is 0 Å². The molecule has 0 spiro atoms. The Morgan fingerprint density at radius 2 is 1.89 bits per heavy atom. The molecule has 2 aromatic carbocycles. The number of anilines is 1. The van der Waals surface area contributed by atoms with Crippen LogP contribution >= 0.6 is 27.5 Å². The largest absolute Gasteiger partial charge is 0.370 e. The van der Waals surface area contributed by atoms with Crippen molar-refractivity contribution < 1.29 is 4.79 Å². The van der Waals surface area contributed by atoms with Gasteiger partial charge in [0.2, 0.25) is 0 Å². The van der Waals surface area contributed by atoms with Crippen molar-refractivity contribution in [3.05, 3.63) is 63.1 Å². The van der Waals surface area contributed by atoms with Gasteiger partial charge < -0.3 is 4.90 Å². The Kier molecular flexibility index (Phi) is 4.61. The quantitative estimate of drug-likeness (QED) is 0.762. The minimum absolute atomic E-state index is 0.482. The first-order chi connectivity index (χ1) is 9.10. The summed E-state index contributed by atoms with van der Waals surface area (Å²) in [5, 5.41) is 0.482. The van der Waals surface area contributed by atoms with Crippen LogP contribution in [0.2, 0.25) is 5.02 Å². The van der Waals surface area contributed by atoms with Crippen molar-refractivity contribution in [3.63, 3.8) is 0 Å². The maximum absolute atomic E-state index is 10.7. The Balaban J connectivity index is 2.15. The Morgan fingerprint density at radius 3 is 2.47 bits per heavy atom. The van der Waals surface area contributed by atoms with Gasteiger partial charge in [0.1, 0.15) is 0 Å². The van der Waals surface area contributed by atoms with E-state index in [2.05, 4.69) is 33.0 Å². The molecule has 4 heteroatoms. The summed E-state index contributed by atoms with van der Waals surface area (Å²) >= 11 is 9.45. The number of benzene rings is 2. The highest BCUT2D eigenvalue weighted by atomic mass is 79.9. The summed E-state index contributed by atoms with van der Waals surface area (Å²) in [5.74, 6) is 0. The van der Waals surface area contributed by atoms with E-state index < -0.39 is 0 Å². The lowest BCUT2D eigenvalue weighted by Crippen LogP contribution is -2.16. The molecule has 0 fully saturated rings. The zero-order valence-corrected chi connectivity index (χ0v) is 12.8. The second kappa shape index (κ2) is 6.22. The topological polar surface area (TPSA) is 20.3 Å². The van der Waals surface area contributed by atoms with E-state index in [4.69, 9.17) is 11.6 Å². The molecule has 0 saturated heterocycles. The number of carbonyl (C=O) groups excluding carboxylic acids is 1. The van der Waals surface area contributed by atoms with E-state index in [-0.39, 0.29) is 0 Å². The summed E-state index contributed by atoms with van der Waals surface area (Å²) in [4.78, 5) is 12.8. The fraction of sp³-hybridized carbons (Fsp3) is 0.133. The van der Waals surface area contributed by atoms with Gasteiger partial charge in [-0.2, -0.15) is 0 Å². The van der Waals surface area contributed by atoms with Gasteiger partial charge in [-0.15, -0.1) is 0 Å². The summed E-state index contributed by atoms with van der Waals surface area (Å²) in [5.41, 5.74) is 2.71. The standard InChI is InChI=1S/C15H13BrClNO/c1-18(9-11-2-5-13(16)6-3-11)14-7-4-12(10-19)15(17)8-14/h2-8,10H,9H2,1H3. The molecule has 0 radical (unpaired) electrons. The molecule has 0 amide bonds. The molecule has 19 heavy (non-hydrogen) atoms. The van der Waals surface area contributed by atoms with Crippen LogP contribution in [0.1, 0.15) is 15.9 Å². The lowest BCUT2D eigenvalue weighted by Gasteiger charge is -2.20. The van der Waals surface area contributed by atoms with Crippen LogP contribution in [-0.4, -0.2) is 13.3 Å². The molecule has 98 valence electrons. The van der Waals surface area contributed by atoms with Crippen molar-refractivity contribution in [1.29, 1.82) is 0 Å². The highest BCUT2D eigenvalue weighted by Gasteiger charge is 2.05. The molecular formula is C15H13BrClNO. The summed E-state index contributed by atoms with van der Waals surface area (Å²) in [6.45, 7) is 0.782. The van der Waals surface area contributed by atoms with Gasteiger partial charge in [0.25, 0.3) is 0 Å². The van der Waals surface area contributed by atoms with Crippen LogP contribution < -0.4 is 4.90 Å². The first-order valence-corrected chi connectivity index (χ1v) is 6.97. The maximum Gasteiger partial charge on any atom is 0.151 e. The first-order valence-electron chi connectivity index (χ1n) is 5.80. The molecule has 0 unspecified atom stereocenters. The summed E-state index contributed by atoms with van der Waals surface area (Å²) < 4.78 is 1.07. The van der Waals surface area contributed by atoms with Gasteiger partial charge >= 0.3 is 0 Å². The summed E-state index contributed by atoms with van der Waals surface area (Å²) in [7, 11) is 1.99. The predicted octanol–water partition coefficient (Wildman–Crippen LogP) is 4.55. The lowest BCUT2D eigenvalue weighted by molar-refractivity contribution is 0.112. The van der Waals surface area contributed by atoms with Gasteiger partial charge in [-0.25, -0.2) is 0 Å². The van der Waals surface area contributed by atoms with E-state index >= 15 is 0 Å². The molecule has 0 N–H and O–H groups in total. The minimum atomic E-state index is 0.482. The van der Waals surface area contributed by atoms with Crippen molar-refractivity contribution in [2.24, 2.45) is 0 Å². The second-order valence-corrected chi connectivity index (χ2v) is 5.63. The molecule has 0 aliphatic carbocycles. The van der Waals surface area contributed by atoms with E-state index in [1.54, 1.807) is 6.07 Å². The fourth-order valence-electron chi connectivity index (χ4n) is 1.80. The van der Waals surface area contributed by atoms with Crippen molar-refractivity contribution in [3.8, 4) is 0 Å². The van der Waals surface area contributed by atoms with Crippen LogP contribution in [0.5, 0.6) is 0 Å². The van der Waals surface area contributed by atoms with Gasteiger partial charge in [0, 0.05) is 29.3 Å². The zero-order valence-electron chi connectivity index (χ0n) is 10.4. The van der Waals surface area contributed by atoms with E-state index in [1.807, 2.05) is 31.3 Å². The smallest absolute Gasteiger partial charge is 0.151 e. The van der Waals surface area contributed by atoms with Gasteiger partial charge in [-0.05, 0) is 35.9 Å². The van der Waals surface area contributed by atoms with Crippen molar-refractivity contribution in [2.75, 3.05) is 11.9 Å². The molecule has 2 nitrogen and oxygen atoms in total. The molecule has 0 saturated carbocycles. The predicted molar refractivity (Wildman–Crippen MR) is 83.1 cm³/mol. The first kappa shape index (κ1) is 14.1. The normalized spacial score (nSPS) is 10.3. The van der Waals surface area contributed by atoms with Gasteiger partial charge in [-0.1, -0.05) is 39.7 Å². The molecule has 0 aliphatic rings. The van der Waals surface area contributed by atoms with Crippen molar-refractivity contribution in [2.45, 2.75) is 6.54 Å². The van der Waals surface area contributed by atoms with Crippen molar-refractivity contribution in [1.82, 2.24) is 0 Å². The summed E-state index contributed by atoms with van der Waals surface area (Å²) in [6.07, 6.45) is 0.765. The van der Waals surface area contributed by atoms with Crippen LogP contribution in [0, 0.1) is 0 Å². The average molecular weight is 339 g/mol. The number of hydrogen-bond acceptors (Lipinski definition) is 2. The molecule has 0 atom stereocenters. The average Bonchev–Trinajstić information content (AvgIpc) is 2.41. The Bertz CT molecular complexity index is 583. The van der Waals surface area contributed by atoms with E-state index in [9.17, 15) is 4.79 Å². The highest BCUT2D eigenvalue weighted by Crippen LogP contribution is 2.23. The number of nitrogens with zero attached hydrogens (tertiary/aromatic N) is 1. The molecule has 0 bridgehead atoms. The molecule has 0 aliphatic heterocycles. The minimum Gasteiger partial charge on any atom is -0.370 e. The highest BCUT2D eigenvalue weighted by molar-refractivity contribution is 9.10. The second-order valence-electron chi connectivity index (χ2n) is 4.31. The monoisotopic (exact) mass is 337 g/mol. The van der Waals surface area contributed by atoms with Crippen LogP contribution in [0.25, 0.3) is 0 Å². The Hall–Kier alpha value is -1.32. The summed E-state index contributed by atoms with van der Waals surface area (Å²) in [6, 6.07) is 13.6.